The van der Waals surface area contributed by atoms with Crippen LogP contribution in [-0.2, 0) is 38.1 Å². The lowest BCUT2D eigenvalue weighted by molar-refractivity contribution is -0.159. The van der Waals surface area contributed by atoms with E-state index in [1.54, 1.807) is 84.2 Å². The molecule has 69 heavy (non-hydrogen) atoms. The fourth-order valence-electron chi connectivity index (χ4n) is 6.95. The summed E-state index contributed by atoms with van der Waals surface area (Å²) in [4.78, 5) is 91.8. The van der Waals surface area contributed by atoms with Crippen LogP contribution in [0, 0.1) is 0 Å². The number of benzene rings is 1. The molecule has 0 saturated carbocycles. The van der Waals surface area contributed by atoms with Crippen LogP contribution in [0.3, 0.4) is 0 Å². The highest BCUT2D eigenvalue weighted by Crippen LogP contribution is 2.17. The summed E-state index contributed by atoms with van der Waals surface area (Å²) in [5.41, 5.74) is -2.18. The number of alkyl carbamates (subject to hydrolysis) is 1. The predicted octanol–water partition coefficient (Wildman–Crippen LogP) is 9.78. The highest BCUT2D eigenvalue weighted by atomic mass is 16.6. The number of nitrogens with zero attached hydrogens (tertiary/aromatic N) is 2. The van der Waals surface area contributed by atoms with Gasteiger partial charge >= 0.3 is 30.2 Å². The topological polar surface area (TPSA) is 208 Å². The quantitative estimate of drug-likeness (QED) is 0.0260. The number of esters is 2. The summed E-state index contributed by atoms with van der Waals surface area (Å²) in [6.45, 7) is 18.0. The second-order valence-electron chi connectivity index (χ2n) is 20.5. The van der Waals surface area contributed by atoms with Gasteiger partial charge in [-0.2, -0.15) is 0 Å². The molecule has 1 aromatic rings. The maximum Gasteiger partial charge on any atom is 0.410 e. The first-order valence-electron chi connectivity index (χ1n) is 25.3. The Labute approximate surface area is 413 Å². The molecular weight excluding hydrogens is 887 g/mol. The van der Waals surface area contributed by atoms with Gasteiger partial charge in [0.05, 0.1) is 7.11 Å². The van der Waals surface area contributed by atoms with Crippen molar-refractivity contribution in [2.45, 2.75) is 207 Å². The summed E-state index contributed by atoms with van der Waals surface area (Å²) >= 11 is 0. The molecule has 3 N–H and O–H groups in total. The normalized spacial score (nSPS) is 12.0. The van der Waals surface area contributed by atoms with Crippen LogP contribution in [0.4, 0.5) is 14.4 Å². The van der Waals surface area contributed by atoms with E-state index < -0.39 is 47.1 Å². The molecule has 0 bridgehead atoms. The van der Waals surface area contributed by atoms with Crippen LogP contribution in [0.1, 0.15) is 184 Å². The van der Waals surface area contributed by atoms with Crippen LogP contribution in [0.25, 0.3) is 0 Å². The number of carbonyl (C=O) groups is 7. The van der Waals surface area contributed by atoms with Crippen molar-refractivity contribution in [3.05, 3.63) is 30.3 Å². The Balaban J connectivity index is 2.50. The lowest BCUT2D eigenvalue weighted by Gasteiger charge is -2.29. The minimum atomic E-state index is -0.976. The van der Waals surface area contributed by atoms with Crippen LogP contribution < -0.4 is 20.7 Å². The molecule has 1 aromatic carbocycles. The van der Waals surface area contributed by atoms with Gasteiger partial charge in [-0.1, -0.05) is 76.0 Å². The van der Waals surface area contributed by atoms with Crippen molar-refractivity contribution in [1.82, 2.24) is 25.8 Å². The highest BCUT2D eigenvalue weighted by molar-refractivity contribution is 5.85. The number of nitrogens with one attached hydrogen (secondary N) is 3. The molecular formula is C52H89N5O12. The van der Waals surface area contributed by atoms with Crippen molar-refractivity contribution in [3.63, 3.8) is 0 Å². The number of methoxy groups -OCH3 is 1. The number of rotatable bonds is 33. The molecule has 0 saturated heterocycles. The van der Waals surface area contributed by atoms with Gasteiger partial charge in [0.1, 0.15) is 28.6 Å². The third-order valence-electron chi connectivity index (χ3n) is 10.3. The molecule has 0 aliphatic carbocycles. The van der Waals surface area contributed by atoms with Gasteiger partial charge in [0.25, 0.3) is 0 Å². The molecule has 0 spiro atoms. The van der Waals surface area contributed by atoms with Crippen molar-refractivity contribution < 1.29 is 57.2 Å². The van der Waals surface area contributed by atoms with Crippen LogP contribution in [-0.4, -0.2) is 121 Å². The third-order valence-corrected chi connectivity index (χ3v) is 10.3. The van der Waals surface area contributed by atoms with E-state index in [9.17, 15) is 33.6 Å². The Morgan fingerprint density at radius 3 is 1.41 bits per heavy atom. The first-order valence-corrected chi connectivity index (χ1v) is 25.3. The van der Waals surface area contributed by atoms with Crippen molar-refractivity contribution in [3.8, 4) is 5.75 Å². The smallest absolute Gasteiger partial charge is 0.410 e. The molecule has 1 atom stereocenters. The van der Waals surface area contributed by atoms with E-state index in [0.717, 1.165) is 64.2 Å². The number of hydrogen-bond donors (Lipinski definition) is 3. The van der Waals surface area contributed by atoms with Crippen LogP contribution in [0.5, 0.6) is 5.75 Å². The van der Waals surface area contributed by atoms with Crippen molar-refractivity contribution in [2.24, 2.45) is 0 Å². The minimum absolute atomic E-state index is 0.0176. The molecule has 17 nitrogen and oxygen atoms in total. The van der Waals surface area contributed by atoms with Crippen molar-refractivity contribution in [2.75, 3.05) is 46.4 Å². The van der Waals surface area contributed by atoms with E-state index in [4.69, 9.17) is 18.9 Å². The summed E-state index contributed by atoms with van der Waals surface area (Å²) < 4.78 is 26.8. The standard InChI is InChI=1S/C52H89N5O12/c1-50(2,3)67-46(61)42(55-44(59)31-23-18-16-14-12-11-13-15-17-19-24-32-45(60)66-41-29-21-20-22-30-41)33-34-43(58)53-35-27-39-56(48(63)68-51(4,5)6)37-25-26-38-57(49(64)69-52(7,8)9)40-28-36-54-47(62)65-10/h20-22,29-30,42H,11-19,23-28,31-40H2,1-10H3,(H,53,58)(H,54,62)(H,55,59)/t42-/m0/s1. The average Bonchev–Trinajstić information content (AvgIpc) is 3.24. The molecule has 0 heterocycles. The van der Waals surface area contributed by atoms with Gasteiger partial charge in [-0.15, -0.1) is 0 Å². The molecule has 0 radical (unpaired) electrons. The molecule has 0 aliphatic rings. The fourth-order valence-corrected chi connectivity index (χ4v) is 6.95. The number of hydrogen-bond acceptors (Lipinski definition) is 12. The molecule has 17 heteroatoms. The molecule has 5 amide bonds. The zero-order chi connectivity index (χ0) is 51.7. The Hall–Kier alpha value is -5.09. The lowest BCUT2D eigenvalue weighted by atomic mass is 10.0. The summed E-state index contributed by atoms with van der Waals surface area (Å²) in [5.74, 6) is -0.750. The first-order chi connectivity index (χ1) is 32.5. The summed E-state index contributed by atoms with van der Waals surface area (Å²) in [7, 11) is 1.28. The van der Waals surface area contributed by atoms with Crippen molar-refractivity contribution >= 4 is 42.0 Å². The van der Waals surface area contributed by atoms with Gasteiger partial charge < -0.3 is 49.4 Å². The number of ether oxygens (including phenoxy) is 5. The Morgan fingerprint density at radius 2 is 0.942 bits per heavy atom. The first kappa shape index (κ1) is 61.9. The average molecular weight is 976 g/mol. The van der Waals surface area contributed by atoms with Crippen LogP contribution in [0.15, 0.2) is 30.3 Å². The molecule has 0 aliphatic heterocycles. The largest absolute Gasteiger partial charge is 0.458 e. The van der Waals surface area contributed by atoms with E-state index >= 15 is 0 Å². The van der Waals surface area contributed by atoms with Gasteiger partial charge in [0, 0.05) is 58.5 Å². The molecule has 0 unspecified atom stereocenters. The summed E-state index contributed by atoms with van der Waals surface area (Å²) in [6.07, 6.45) is 12.6. The number of unbranched alkanes of at least 4 members (excludes halogenated alkanes) is 11. The number of carbonyl (C=O) groups excluding carboxylic acids is 7. The predicted molar refractivity (Wildman–Crippen MR) is 267 cm³/mol. The van der Waals surface area contributed by atoms with E-state index in [0.29, 0.717) is 77.0 Å². The number of para-hydroxylation sites is 1. The van der Waals surface area contributed by atoms with E-state index in [-0.39, 0.29) is 43.6 Å². The van der Waals surface area contributed by atoms with Gasteiger partial charge in [-0.25, -0.2) is 19.2 Å². The van der Waals surface area contributed by atoms with Gasteiger partial charge in [0.15, 0.2) is 0 Å². The molecule has 394 valence electrons. The lowest BCUT2D eigenvalue weighted by Crippen LogP contribution is -2.44. The molecule has 0 fully saturated rings. The third kappa shape index (κ3) is 34.8. The maximum absolute atomic E-state index is 13.2. The Kier molecular flexibility index (Phi) is 30.7. The second kappa shape index (κ2) is 34.2. The zero-order valence-corrected chi connectivity index (χ0v) is 43.9. The van der Waals surface area contributed by atoms with Crippen LogP contribution in [0.2, 0.25) is 0 Å². The Morgan fingerprint density at radius 1 is 0.507 bits per heavy atom. The highest BCUT2D eigenvalue weighted by Gasteiger charge is 2.28. The van der Waals surface area contributed by atoms with Gasteiger partial charge in [-0.05, 0) is 119 Å². The Bertz CT molecular complexity index is 1660. The maximum atomic E-state index is 13.2. The van der Waals surface area contributed by atoms with E-state index in [1.165, 1.54) is 7.11 Å². The molecule has 1 rings (SSSR count). The van der Waals surface area contributed by atoms with Crippen LogP contribution >= 0.6 is 0 Å². The number of amides is 5. The second-order valence-corrected chi connectivity index (χ2v) is 20.5. The monoisotopic (exact) mass is 976 g/mol. The SMILES string of the molecule is COC(=O)NCCCN(CCCCN(CCCNC(=O)CC[C@H](NC(=O)CCCCCCCCCCCCCC(=O)Oc1ccccc1)C(=O)OC(C)(C)C)C(=O)OC(C)(C)C)C(=O)OC(C)(C)C. The van der Waals surface area contributed by atoms with Crippen molar-refractivity contribution in [1.29, 1.82) is 0 Å². The fraction of sp³-hybridized carbons (Fsp3) is 0.750. The van der Waals surface area contributed by atoms with E-state index in [2.05, 4.69) is 20.7 Å². The molecule has 0 aromatic heterocycles. The summed E-state index contributed by atoms with van der Waals surface area (Å²) in [6, 6.07) is 8.16. The minimum Gasteiger partial charge on any atom is -0.458 e. The summed E-state index contributed by atoms with van der Waals surface area (Å²) in [5, 5.41) is 8.28. The zero-order valence-electron chi connectivity index (χ0n) is 43.9. The van der Waals surface area contributed by atoms with E-state index in [1.807, 2.05) is 18.2 Å². The van der Waals surface area contributed by atoms with Gasteiger partial charge in [0.2, 0.25) is 11.8 Å². The van der Waals surface area contributed by atoms with Gasteiger partial charge in [-0.3, -0.25) is 14.4 Å².